The van der Waals surface area contributed by atoms with Gasteiger partial charge in [-0.05, 0) is 43.5 Å². The monoisotopic (exact) mass is 313 g/mol. The molecule has 0 saturated carbocycles. The number of hydrogen-bond donors (Lipinski definition) is 1. The number of hydrogen-bond acceptors (Lipinski definition) is 3. The van der Waals surface area contributed by atoms with Crippen molar-refractivity contribution < 1.29 is 14.3 Å². The molecular formula is C19H23NO3. The largest absolute Gasteiger partial charge is 0.496 e. The van der Waals surface area contributed by atoms with Crippen molar-refractivity contribution in [1.29, 1.82) is 0 Å². The molecule has 0 aliphatic carbocycles. The number of aryl methyl sites for hydroxylation is 1. The fraction of sp³-hybridized carbons (Fsp3) is 0.316. The number of ether oxygens (including phenoxy) is 2. The summed E-state index contributed by atoms with van der Waals surface area (Å²) in [6, 6.07) is 17.3. The van der Waals surface area contributed by atoms with Crippen molar-refractivity contribution in [1.82, 2.24) is 5.32 Å². The third-order valence-corrected chi connectivity index (χ3v) is 3.54. The molecule has 4 nitrogen and oxygen atoms in total. The van der Waals surface area contributed by atoms with Crippen molar-refractivity contribution in [3.63, 3.8) is 0 Å². The van der Waals surface area contributed by atoms with E-state index in [-0.39, 0.29) is 5.91 Å². The van der Waals surface area contributed by atoms with Crippen LogP contribution in [0.1, 0.15) is 18.9 Å². The molecule has 1 N–H and O–H groups in total. The zero-order valence-electron chi connectivity index (χ0n) is 13.6. The lowest BCUT2D eigenvalue weighted by Gasteiger charge is -2.14. The minimum absolute atomic E-state index is 0.103. The third-order valence-electron chi connectivity index (χ3n) is 3.54. The molecule has 23 heavy (non-hydrogen) atoms. The first-order valence-electron chi connectivity index (χ1n) is 7.82. The Labute approximate surface area is 137 Å². The SMILES string of the molecule is COc1ccccc1CCCNC(=O)C(C)Oc1ccccc1. The fourth-order valence-corrected chi connectivity index (χ4v) is 2.30. The predicted molar refractivity (Wildman–Crippen MR) is 90.9 cm³/mol. The molecule has 0 fully saturated rings. The molecule has 0 spiro atoms. The summed E-state index contributed by atoms with van der Waals surface area (Å²) >= 11 is 0. The second-order valence-electron chi connectivity index (χ2n) is 5.28. The van der Waals surface area contributed by atoms with Crippen LogP contribution >= 0.6 is 0 Å². The molecule has 1 atom stereocenters. The minimum atomic E-state index is -0.510. The summed E-state index contributed by atoms with van der Waals surface area (Å²) in [4.78, 5) is 12.0. The molecule has 1 amide bonds. The van der Waals surface area contributed by atoms with E-state index in [9.17, 15) is 4.79 Å². The molecule has 122 valence electrons. The van der Waals surface area contributed by atoms with Crippen LogP contribution in [0.4, 0.5) is 0 Å². The Bertz CT molecular complexity index is 613. The minimum Gasteiger partial charge on any atom is -0.496 e. The number of para-hydroxylation sites is 2. The number of carbonyl (C=O) groups excluding carboxylic acids is 1. The Kier molecular flexibility index (Phi) is 6.48. The lowest BCUT2D eigenvalue weighted by atomic mass is 10.1. The van der Waals surface area contributed by atoms with Crippen molar-refractivity contribution in [3.8, 4) is 11.5 Å². The maximum atomic E-state index is 12.0. The van der Waals surface area contributed by atoms with Crippen LogP contribution in [0.3, 0.4) is 0 Å². The summed E-state index contributed by atoms with van der Waals surface area (Å²) in [6.45, 7) is 2.36. The van der Waals surface area contributed by atoms with Gasteiger partial charge in [-0.25, -0.2) is 0 Å². The van der Waals surface area contributed by atoms with Gasteiger partial charge in [0.05, 0.1) is 7.11 Å². The molecule has 0 heterocycles. The van der Waals surface area contributed by atoms with Crippen LogP contribution in [0, 0.1) is 0 Å². The Morgan fingerprint density at radius 2 is 1.78 bits per heavy atom. The Morgan fingerprint density at radius 1 is 1.09 bits per heavy atom. The summed E-state index contributed by atoms with van der Waals surface area (Å²) in [5.41, 5.74) is 1.15. The quantitative estimate of drug-likeness (QED) is 0.761. The topological polar surface area (TPSA) is 47.6 Å². The number of carbonyl (C=O) groups is 1. The van der Waals surface area contributed by atoms with Crippen LogP contribution in [0.2, 0.25) is 0 Å². The molecule has 1 unspecified atom stereocenters. The van der Waals surface area contributed by atoms with Gasteiger partial charge in [-0.2, -0.15) is 0 Å². The highest BCUT2D eigenvalue weighted by Crippen LogP contribution is 2.18. The van der Waals surface area contributed by atoms with Gasteiger partial charge in [-0.15, -0.1) is 0 Å². The summed E-state index contributed by atoms with van der Waals surface area (Å²) in [5.74, 6) is 1.48. The van der Waals surface area contributed by atoms with E-state index < -0.39 is 6.10 Å². The first-order chi connectivity index (χ1) is 11.2. The van der Waals surface area contributed by atoms with E-state index in [4.69, 9.17) is 9.47 Å². The molecule has 2 rings (SSSR count). The predicted octanol–water partition coefficient (Wildman–Crippen LogP) is 3.21. The van der Waals surface area contributed by atoms with Gasteiger partial charge < -0.3 is 14.8 Å². The molecule has 0 saturated heterocycles. The fourth-order valence-electron chi connectivity index (χ4n) is 2.30. The lowest BCUT2D eigenvalue weighted by molar-refractivity contribution is -0.127. The number of amides is 1. The van der Waals surface area contributed by atoms with Crippen LogP contribution in [-0.2, 0) is 11.2 Å². The van der Waals surface area contributed by atoms with Crippen molar-refractivity contribution >= 4 is 5.91 Å². The van der Waals surface area contributed by atoms with E-state index in [0.29, 0.717) is 12.3 Å². The molecule has 0 radical (unpaired) electrons. The zero-order chi connectivity index (χ0) is 16.5. The van der Waals surface area contributed by atoms with E-state index in [0.717, 1.165) is 24.2 Å². The number of nitrogens with one attached hydrogen (secondary N) is 1. The first kappa shape index (κ1) is 16.9. The second-order valence-corrected chi connectivity index (χ2v) is 5.28. The van der Waals surface area contributed by atoms with Crippen molar-refractivity contribution in [3.05, 3.63) is 60.2 Å². The van der Waals surface area contributed by atoms with Crippen molar-refractivity contribution in [2.45, 2.75) is 25.9 Å². The van der Waals surface area contributed by atoms with Crippen LogP contribution < -0.4 is 14.8 Å². The highest BCUT2D eigenvalue weighted by atomic mass is 16.5. The normalized spacial score (nSPS) is 11.6. The van der Waals surface area contributed by atoms with Gasteiger partial charge in [0, 0.05) is 6.54 Å². The highest BCUT2D eigenvalue weighted by molar-refractivity contribution is 5.80. The van der Waals surface area contributed by atoms with Gasteiger partial charge in [-0.1, -0.05) is 36.4 Å². The van der Waals surface area contributed by atoms with Gasteiger partial charge in [0.1, 0.15) is 11.5 Å². The highest BCUT2D eigenvalue weighted by Gasteiger charge is 2.13. The average Bonchev–Trinajstić information content (AvgIpc) is 2.59. The molecule has 0 aromatic heterocycles. The maximum Gasteiger partial charge on any atom is 0.260 e. The molecule has 4 heteroatoms. The van der Waals surface area contributed by atoms with Gasteiger partial charge in [-0.3, -0.25) is 4.79 Å². The first-order valence-corrected chi connectivity index (χ1v) is 7.82. The molecule has 0 bridgehead atoms. The van der Waals surface area contributed by atoms with Crippen LogP contribution in [0.25, 0.3) is 0 Å². The van der Waals surface area contributed by atoms with Gasteiger partial charge in [0.15, 0.2) is 6.10 Å². The van der Waals surface area contributed by atoms with E-state index >= 15 is 0 Å². The molecule has 0 aliphatic rings. The number of benzene rings is 2. The van der Waals surface area contributed by atoms with Crippen molar-refractivity contribution in [2.24, 2.45) is 0 Å². The average molecular weight is 313 g/mol. The van der Waals surface area contributed by atoms with Crippen LogP contribution in [0.15, 0.2) is 54.6 Å². The third kappa shape index (κ3) is 5.33. The number of rotatable bonds is 8. The smallest absolute Gasteiger partial charge is 0.260 e. The molecular weight excluding hydrogens is 290 g/mol. The molecule has 0 aliphatic heterocycles. The second kappa shape index (κ2) is 8.83. The Morgan fingerprint density at radius 3 is 2.52 bits per heavy atom. The standard InChI is InChI=1S/C19H23NO3/c1-15(23-17-11-4-3-5-12-17)19(21)20-14-8-10-16-9-6-7-13-18(16)22-2/h3-7,9,11-13,15H,8,10,14H2,1-2H3,(H,20,21). The molecule has 2 aromatic rings. The summed E-state index contributed by atoms with van der Waals surface area (Å²) in [6.07, 6.45) is 1.20. The van der Waals surface area contributed by atoms with Gasteiger partial charge >= 0.3 is 0 Å². The molecule has 2 aromatic carbocycles. The van der Waals surface area contributed by atoms with E-state index in [1.807, 2.05) is 54.6 Å². The van der Waals surface area contributed by atoms with Crippen LogP contribution in [0.5, 0.6) is 11.5 Å². The van der Waals surface area contributed by atoms with Gasteiger partial charge in [0.25, 0.3) is 5.91 Å². The summed E-state index contributed by atoms with van der Waals surface area (Å²) in [5, 5.41) is 2.91. The Hall–Kier alpha value is -2.49. The van der Waals surface area contributed by atoms with E-state index in [2.05, 4.69) is 5.32 Å². The summed E-state index contributed by atoms with van der Waals surface area (Å²) < 4.78 is 10.9. The van der Waals surface area contributed by atoms with E-state index in [1.165, 1.54) is 0 Å². The lowest BCUT2D eigenvalue weighted by Crippen LogP contribution is -2.36. The van der Waals surface area contributed by atoms with E-state index in [1.54, 1.807) is 14.0 Å². The summed E-state index contributed by atoms with van der Waals surface area (Å²) in [7, 11) is 1.67. The van der Waals surface area contributed by atoms with Crippen LogP contribution in [-0.4, -0.2) is 25.7 Å². The Balaban J connectivity index is 1.72. The maximum absolute atomic E-state index is 12.0. The zero-order valence-corrected chi connectivity index (χ0v) is 13.6. The van der Waals surface area contributed by atoms with Gasteiger partial charge in [0.2, 0.25) is 0 Å². The van der Waals surface area contributed by atoms with Crippen molar-refractivity contribution in [2.75, 3.05) is 13.7 Å². The number of methoxy groups -OCH3 is 1.